The Labute approximate surface area is 93.3 Å². The number of hydrogen-bond acceptors (Lipinski definition) is 4. The average Bonchev–Trinajstić information content (AvgIpc) is 2.80. The van der Waals surface area contributed by atoms with Crippen LogP contribution in [0.25, 0.3) is 0 Å². The third-order valence-corrected chi connectivity index (χ3v) is 2.18. The average molecular weight is 219 g/mol. The van der Waals surface area contributed by atoms with Gasteiger partial charge in [0.15, 0.2) is 6.61 Å². The first-order chi connectivity index (χ1) is 7.75. The van der Waals surface area contributed by atoms with Crippen molar-refractivity contribution in [3.63, 3.8) is 0 Å². The van der Waals surface area contributed by atoms with E-state index >= 15 is 0 Å². The van der Waals surface area contributed by atoms with Gasteiger partial charge in [-0.3, -0.25) is 9.79 Å². The van der Waals surface area contributed by atoms with Crippen molar-refractivity contribution in [2.24, 2.45) is 10.7 Å². The van der Waals surface area contributed by atoms with Crippen LogP contribution in [0.5, 0.6) is 5.75 Å². The van der Waals surface area contributed by atoms with Crippen molar-refractivity contribution in [3.8, 4) is 5.75 Å². The van der Waals surface area contributed by atoms with E-state index in [2.05, 4.69) is 10.3 Å². The van der Waals surface area contributed by atoms with Crippen LogP contribution in [0.2, 0.25) is 0 Å². The first-order valence-electron chi connectivity index (χ1n) is 5.05. The summed E-state index contributed by atoms with van der Waals surface area (Å²) in [6, 6.07) is 7.38. The van der Waals surface area contributed by atoms with Crippen molar-refractivity contribution < 1.29 is 9.53 Å². The summed E-state index contributed by atoms with van der Waals surface area (Å²) in [7, 11) is 0. The number of carbonyl (C=O) groups is 1. The Hall–Kier alpha value is -2.04. The molecule has 0 spiro atoms. The second-order valence-electron chi connectivity index (χ2n) is 3.44. The summed E-state index contributed by atoms with van der Waals surface area (Å²) in [5.74, 6) is 1.05. The number of hydrogen-bond donors (Lipinski definition) is 2. The molecule has 0 atom stereocenters. The molecular formula is C11H13N3O2. The SMILES string of the molecule is NC(=O)COc1ccc(C2=NCCN2)cc1. The van der Waals surface area contributed by atoms with Gasteiger partial charge < -0.3 is 15.8 Å². The van der Waals surface area contributed by atoms with Crippen LogP contribution >= 0.6 is 0 Å². The van der Waals surface area contributed by atoms with Gasteiger partial charge in [0.05, 0.1) is 6.54 Å². The van der Waals surface area contributed by atoms with E-state index in [1.807, 2.05) is 12.1 Å². The van der Waals surface area contributed by atoms with E-state index in [9.17, 15) is 4.79 Å². The zero-order valence-corrected chi connectivity index (χ0v) is 8.77. The normalized spacial score (nSPS) is 14.1. The summed E-state index contributed by atoms with van der Waals surface area (Å²) in [5.41, 5.74) is 5.99. The summed E-state index contributed by atoms with van der Waals surface area (Å²) in [6.07, 6.45) is 0. The smallest absolute Gasteiger partial charge is 0.255 e. The summed E-state index contributed by atoms with van der Waals surface area (Å²) in [6.45, 7) is 1.60. The van der Waals surface area contributed by atoms with Crippen molar-refractivity contribution in [2.45, 2.75) is 0 Å². The Morgan fingerprint density at radius 3 is 2.75 bits per heavy atom. The van der Waals surface area contributed by atoms with Crippen molar-refractivity contribution in [2.75, 3.05) is 19.7 Å². The zero-order chi connectivity index (χ0) is 11.4. The molecule has 1 amide bonds. The van der Waals surface area contributed by atoms with Crippen molar-refractivity contribution in [1.29, 1.82) is 0 Å². The fourth-order valence-corrected chi connectivity index (χ4v) is 1.45. The number of nitrogens with zero attached hydrogens (tertiary/aromatic N) is 1. The van der Waals surface area contributed by atoms with Crippen LogP contribution in [-0.2, 0) is 4.79 Å². The van der Waals surface area contributed by atoms with E-state index in [1.165, 1.54) is 0 Å². The highest BCUT2D eigenvalue weighted by Crippen LogP contribution is 2.13. The predicted molar refractivity (Wildman–Crippen MR) is 60.5 cm³/mol. The van der Waals surface area contributed by atoms with Gasteiger partial charge in [0.25, 0.3) is 5.91 Å². The number of rotatable bonds is 4. The third kappa shape index (κ3) is 2.50. The molecule has 0 bridgehead atoms. The predicted octanol–water partition coefficient (Wildman–Crippen LogP) is -0.0995. The molecule has 0 aromatic heterocycles. The molecule has 0 aliphatic carbocycles. The number of amides is 1. The summed E-state index contributed by atoms with van der Waals surface area (Å²) in [4.78, 5) is 14.8. The van der Waals surface area contributed by atoms with E-state index < -0.39 is 5.91 Å². The number of primary amides is 1. The summed E-state index contributed by atoms with van der Waals surface area (Å²) >= 11 is 0. The number of ether oxygens (including phenoxy) is 1. The second kappa shape index (κ2) is 4.65. The molecule has 84 valence electrons. The molecule has 1 aromatic rings. The number of amidine groups is 1. The van der Waals surface area contributed by atoms with Gasteiger partial charge >= 0.3 is 0 Å². The molecule has 5 heteroatoms. The van der Waals surface area contributed by atoms with Crippen LogP contribution in [0.4, 0.5) is 0 Å². The minimum atomic E-state index is -0.481. The lowest BCUT2D eigenvalue weighted by Gasteiger charge is -2.05. The van der Waals surface area contributed by atoms with Crippen molar-refractivity contribution in [1.82, 2.24) is 5.32 Å². The van der Waals surface area contributed by atoms with Crippen LogP contribution in [-0.4, -0.2) is 31.4 Å². The van der Waals surface area contributed by atoms with Crippen LogP contribution in [0.15, 0.2) is 29.3 Å². The minimum absolute atomic E-state index is 0.0987. The maximum atomic E-state index is 10.5. The molecule has 3 N–H and O–H groups in total. The maximum Gasteiger partial charge on any atom is 0.255 e. The van der Waals surface area contributed by atoms with Gasteiger partial charge in [-0.25, -0.2) is 0 Å². The molecule has 0 unspecified atom stereocenters. The van der Waals surface area contributed by atoms with Gasteiger partial charge in [-0.2, -0.15) is 0 Å². The zero-order valence-electron chi connectivity index (χ0n) is 8.77. The fourth-order valence-electron chi connectivity index (χ4n) is 1.45. The standard InChI is InChI=1S/C11H13N3O2/c12-10(15)7-16-9-3-1-8(2-4-9)11-13-5-6-14-11/h1-4H,5-7H2,(H2,12,15)(H,13,14). The Bertz CT molecular complexity index is 412. The van der Waals surface area contributed by atoms with E-state index in [-0.39, 0.29) is 6.61 Å². The van der Waals surface area contributed by atoms with Gasteiger partial charge in [0.2, 0.25) is 0 Å². The van der Waals surface area contributed by atoms with E-state index in [0.29, 0.717) is 5.75 Å². The quantitative estimate of drug-likeness (QED) is 0.742. The van der Waals surface area contributed by atoms with Gasteiger partial charge in [-0.05, 0) is 24.3 Å². The monoisotopic (exact) mass is 219 g/mol. The third-order valence-electron chi connectivity index (χ3n) is 2.18. The molecule has 0 radical (unpaired) electrons. The first-order valence-corrected chi connectivity index (χ1v) is 5.05. The van der Waals surface area contributed by atoms with Gasteiger partial charge in [-0.15, -0.1) is 0 Å². The number of carbonyl (C=O) groups excluding carboxylic acids is 1. The van der Waals surface area contributed by atoms with Crippen LogP contribution < -0.4 is 15.8 Å². The lowest BCUT2D eigenvalue weighted by atomic mass is 10.2. The number of nitrogens with two attached hydrogens (primary N) is 1. The van der Waals surface area contributed by atoms with Gasteiger partial charge in [-0.1, -0.05) is 0 Å². The maximum absolute atomic E-state index is 10.5. The van der Waals surface area contributed by atoms with Gasteiger partial charge in [0, 0.05) is 12.1 Å². The molecule has 1 heterocycles. The molecule has 0 fully saturated rings. The Kier molecular flexibility index (Phi) is 3.05. The molecule has 1 aromatic carbocycles. The highest BCUT2D eigenvalue weighted by molar-refractivity contribution is 5.99. The first kappa shape index (κ1) is 10.5. The highest BCUT2D eigenvalue weighted by Gasteiger charge is 2.07. The number of nitrogens with one attached hydrogen (secondary N) is 1. The molecule has 1 aliphatic rings. The van der Waals surface area contributed by atoms with E-state index in [1.54, 1.807) is 12.1 Å². The lowest BCUT2D eigenvalue weighted by Crippen LogP contribution is -2.20. The molecule has 2 rings (SSSR count). The largest absolute Gasteiger partial charge is 0.484 e. The van der Waals surface area contributed by atoms with Gasteiger partial charge in [0.1, 0.15) is 11.6 Å². The second-order valence-corrected chi connectivity index (χ2v) is 3.44. The van der Waals surface area contributed by atoms with Crippen LogP contribution in [0, 0.1) is 0 Å². The van der Waals surface area contributed by atoms with Crippen LogP contribution in [0.3, 0.4) is 0 Å². The van der Waals surface area contributed by atoms with E-state index in [4.69, 9.17) is 10.5 Å². The molecule has 0 saturated carbocycles. The van der Waals surface area contributed by atoms with Crippen molar-refractivity contribution in [3.05, 3.63) is 29.8 Å². The Balaban J connectivity index is 2.01. The van der Waals surface area contributed by atoms with Crippen molar-refractivity contribution >= 4 is 11.7 Å². The molecule has 1 aliphatic heterocycles. The Morgan fingerprint density at radius 1 is 1.44 bits per heavy atom. The number of aliphatic imine (C=N–C) groups is 1. The number of benzene rings is 1. The summed E-state index contributed by atoms with van der Waals surface area (Å²) < 4.78 is 5.15. The Morgan fingerprint density at radius 2 is 2.19 bits per heavy atom. The van der Waals surface area contributed by atoms with Crippen LogP contribution in [0.1, 0.15) is 5.56 Å². The topological polar surface area (TPSA) is 76.7 Å². The molecule has 5 nitrogen and oxygen atoms in total. The molecule has 16 heavy (non-hydrogen) atoms. The minimum Gasteiger partial charge on any atom is -0.484 e. The molecular weight excluding hydrogens is 206 g/mol. The summed E-state index contributed by atoms with van der Waals surface area (Å²) in [5, 5.41) is 3.18. The lowest BCUT2D eigenvalue weighted by molar-refractivity contribution is -0.119. The fraction of sp³-hybridized carbons (Fsp3) is 0.273. The molecule has 0 saturated heterocycles. The van der Waals surface area contributed by atoms with E-state index in [0.717, 1.165) is 24.5 Å². The highest BCUT2D eigenvalue weighted by atomic mass is 16.5.